The van der Waals surface area contributed by atoms with Gasteiger partial charge in [-0.05, 0) is 18.7 Å². The van der Waals surface area contributed by atoms with Gasteiger partial charge >= 0.3 is 0 Å². The normalized spacial score (nSPS) is 10.1. The lowest BCUT2D eigenvalue weighted by Gasteiger charge is -2.00. The van der Waals surface area contributed by atoms with Gasteiger partial charge in [-0.1, -0.05) is 13.0 Å². The van der Waals surface area contributed by atoms with E-state index in [2.05, 4.69) is 21.6 Å². The Balaban J connectivity index is 0.000000980. The summed E-state index contributed by atoms with van der Waals surface area (Å²) in [7, 11) is 0. The molecule has 0 spiro atoms. The van der Waals surface area contributed by atoms with Gasteiger partial charge in [-0.3, -0.25) is 0 Å². The monoisotopic (exact) mass is 211 g/mol. The molecule has 0 radical (unpaired) electrons. The summed E-state index contributed by atoms with van der Waals surface area (Å²) in [5.41, 5.74) is 2.22. The molecule has 1 N–H and O–H groups in total. The summed E-state index contributed by atoms with van der Waals surface area (Å²) in [4.78, 5) is 4.29. The molecule has 0 aliphatic rings. The first kappa shape index (κ1) is 11.0. The van der Waals surface area contributed by atoms with Crippen molar-refractivity contribution in [2.24, 2.45) is 0 Å². The lowest BCUT2D eigenvalue weighted by atomic mass is 10.4. The molecule has 4 heteroatoms. The van der Waals surface area contributed by atoms with Crippen LogP contribution in [0.2, 0.25) is 0 Å². The van der Waals surface area contributed by atoms with Crippen LogP contribution < -0.4 is 5.32 Å². The number of fused-ring (bicyclic) bond motifs is 1. The minimum absolute atomic E-state index is 0. The summed E-state index contributed by atoms with van der Waals surface area (Å²) in [6.45, 7) is 3.96. The maximum atomic E-state index is 4.29. The highest BCUT2D eigenvalue weighted by atomic mass is 35.5. The van der Waals surface area contributed by atoms with Gasteiger partial charge in [0, 0.05) is 12.7 Å². The van der Waals surface area contributed by atoms with E-state index in [1.54, 1.807) is 0 Å². The average Bonchev–Trinajstić information content (AvgIpc) is 2.58. The summed E-state index contributed by atoms with van der Waals surface area (Å²) < 4.78 is 2.10. The van der Waals surface area contributed by atoms with E-state index < -0.39 is 0 Å². The predicted molar refractivity (Wildman–Crippen MR) is 59.8 cm³/mol. The van der Waals surface area contributed by atoms with Crippen LogP contribution in [0.15, 0.2) is 30.6 Å². The average molecular weight is 212 g/mol. The van der Waals surface area contributed by atoms with E-state index in [0.717, 1.165) is 18.7 Å². The zero-order valence-electron chi connectivity index (χ0n) is 8.10. The van der Waals surface area contributed by atoms with Crippen molar-refractivity contribution in [3.05, 3.63) is 36.3 Å². The number of nitrogens with one attached hydrogen (secondary N) is 1. The largest absolute Gasteiger partial charge is 0.311 e. The predicted octanol–water partition coefficient (Wildman–Crippen LogP) is 1.87. The highest BCUT2D eigenvalue weighted by Crippen LogP contribution is 2.04. The molecule has 2 heterocycles. The van der Waals surface area contributed by atoms with Gasteiger partial charge in [0.25, 0.3) is 0 Å². The molecule has 14 heavy (non-hydrogen) atoms. The second-order valence-electron chi connectivity index (χ2n) is 2.96. The van der Waals surface area contributed by atoms with E-state index in [9.17, 15) is 0 Å². The number of imidazole rings is 1. The summed E-state index contributed by atoms with van der Waals surface area (Å²) in [6.07, 6.45) is 3.95. The fourth-order valence-electron chi connectivity index (χ4n) is 1.37. The second kappa shape index (κ2) is 4.98. The Kier molecular flexibility index (Phi) is 3.92. The third-order valence-electron chi connectivity index (χ3n) is 2.05. The highest BCUT2D eigenvalue weighted by Gasteiger charge is 1.99. The van der Waals surface area contributed by atoms with Crippen molar-refractivity contribution in [2.45, 2.75) is 13.5 Å². The van der Waals surface area contributed by atoms with Crippen LogP contribution in [0.5, 0.6) is 0 Å². The van der Waals surface area contributed by atoms with Crippen molar-refractivity contribution in [1.82, 2.24) is 14.7 Å². The molecule has 2 aromatic rings. The number of rotatable bonds is 3. The minimum Gasteiger partial charge on any atom is -0.311 e. The molecule has 0 saturated heterocycles. The molecule has 0 fully saturated rings. The fraction of sp³-hybridized carbons (Fsp3) is 0.300. The smallest absolute Gasteiger partial charge is 0.136 e. The third kappa shape index (κ3) is 2.05. The van der Waals surface area contributed by atoms with Gasteiger partial charge in [0.2, 0.25) is 0 Å². The molecule has 0 atom stereocenters. The van der Waals surface area contributed by atoms with Gasteiger partial charge in [-0.15, -0.1) is 12.4 Å². The van der Waals surface area contributed by atoms with Gasteiger partial charge in [0.15, 0.2) is 0 Å². The van der Waals surface area contributed by atoms with Crippen LogP contribution in [0, 0.1) is 0 Å². The van der Waals surface area contributed by atoms with Gasteiger partial charge in [0.05, 0.1) is 11.9 Å². The van der Waals surface area contributed by atoms with E-state index in [4.69, 9.17) is 0 Å². The maximum Gasteiger partial charge on any atom is 0.136 e. The first-order chi connectivity index (χ1) is 6.42. The van der Waals surface area contributed by atoms with Gasteiger partial charge in [-0.25, -0.2) is 4.98 Å². The molecule has 3 nitrogen and oxygen atoms in total. The van der Waals surface area contributed by atoms with Crippen molar-refractivity contribution >= 4 is 18.1 Å². The molecule has 0 unspecified atom stereocenters. The number of pyridine rings is 1. The summed E-state index contributed by atoms with van der Waals surface area (Å²) in [5, 5.41) is 3.28. The molecule has 0 bridgehead atoms. The Labute approximate surface area is 89.6 Å². The highest BCUT2D eigenvalue weighted by molar-refractivity contribution is 5.85. The summed E-state index contributed by atoms with van der Waals surface area (Å²) in [5.74, 6) is 0. The first-order valence-electron chi connectivity index (χ1n) is 4.53. The van der Waals surface area contributed by atoms with Crippen molar-refractivity contribution in [1.29, 1.82) is 0 Å². The molecule has 0 aliphatic carbocycles. The Morgan fingerprint density at radius 2 is 2.29 bits per heavy atom. The summed E-state index contributed by atoms with van der Waals surface area (Å²) in [6, 6.07) is 6.03. The van der Waals surface area contributed by atoms with Crippen LogP contribution in [0.25, 0.3) is 5.65 Å². The van der Waals surface area contributed by atoms with Crippen LogP contribution in [0.3, 0.4) is 0 Å². The molecular formula is C10H14ClN3. The number of halogens is 1. The SMILES string of the molecule is CCNCc1cnc2ccccn12.Cl. The Bertz CT molecular complexity index is 397. The van der Waals surface area contributed by atoms with Crippen LogP contribution >= 0.6 is 12.4 Å². The number of hydrogen-bond donors (Lipinski definition) is 1. The second-order valence-corrected chi connectivity index (χ2v) is 2.96. The van der Waals surface area contributed by atoms with E-state index in [1.807, 2.05) is 30.6 Å². The Morgan fingerprint density at radius 3 is 3.07 bits per heavy atom. The minimum atomic E-state index is 0. The lowest BCUT2D eigenvalue weighted by molar-refractivity contribution is 0.706. The zero-order valence-corrected chi connectivity index (χ0v) is 8.92. The lowest BCUT2D eigenvalue weighted by Crippen LogP contribution is -2.13. The van der Waals surface area contributed by atoms with Gasteiger partial charge in [-0.2, -0.15) is 0 Å². The Hall–Kier alpha value is -1.06. The molecular weight excluding hydrogens is 198 g/mol. The molecule has 0 aromatic carbocycles. The summed E-state index contributed by atoms with van der Waals surface area (Å²) >= 11 is 0. The van der Waals surface area contributed by atoms with E-state index in [0.29, 0.717) is 0 Å². The van der Waals surface area contributed by atoms with Gasteiger partial charge < -0.3 is 9.72 Å². The van der Waals surface area contributed by atoms with Gasteiger partial charge in [0.1, 0.15) is 5.65 Å². The molecule has 0 saturated carbocycles. The Morgan fingerprint density at radius 1 is 1.43 bits per heavy atom. The standard InChI is InChI=1S/C10H13N3.ClH/c1-2-11-7-9-8-12-10-5-3-4-6-13(9)10;/h3-6,8,11H,2,7H2,1H3;1H. The number of nitrogens with zero attached hydrogens (tertiary/aromatic N) is 2. The van der Waals surface area contributed by atoms with Crippen LogP contribution in [0.4, 0.5) is 0 Å². The van der Waals surface area contributed by atoms with E-state index in [-0.39, 0.29) is 12.4 Å². The zero-order chi connectivity index (χ0) is 9.10. The number of aromatic nitrogens is 2. The fourth-order valence-corrected chi connectivity index (χ4v) is 1.37. The van der Waals surface area contributed by atoms with Crippen molar-refractivity contribution < 1.29 is 0 Å². The quantitative estimate of drug-likeness (QED) is 0.840. The van der Waals surface area contributed by atoms with Crippen molar-refractivity contribution in [3.8, 4) is 0 Å². The van der Waals surface area contributed by atoms with Crippen LogP contribution in [0.1, 0.15) is 12.6 Å². The topological polar surface area (TPSA) is 29.3 Å². The van der Waals surface area contributed by atoms with Crippen molar-refractivity contribution in [3.63, 3.8) is 0 Å². The molecule has 0 amide bonds. The van der Waals surface area contributed by atoms with Crippen LogP contribution in [-0.2, 0) is 6.54 Å². The first-order valence-corrected chi connectivity index (χ1v) is 4.53. The molecule has 2 rings (SSSR count). The third-order valence-corrected chi connectivity index (χ3v) is 2.05. The molecule has 76 valence electrons. The van der Waals surface area contributed by atoms with Crippen LogP contribution in [-0.4, -0.2) is 15.9 Å². The maximum absolute atomic E-state index is 4.29. The molecule has 2 aromatic heterocycles. The van der Waals surface area contributed by atoms with Crippen molar-refractivity contribution in [2.75, 3.05) is 6.54 Å². The van der Waals surface area contributed by atoms with E-state index >= 15 is 0 Å². The van der Waals surface area contributed by atoms with E-state index in [1.165, 1.54) is 5.69 Å². The number of hydrogen-bond acceptors (Lipinski definition) is 2. The molecule has 0 aliphatic heterocycles.